The van der Waals surface area contributed by atoms with Gasteiger partial charge in [-0.2, -0.15) is 0 Å². The molecule has 0 aromatic rings. The van der Waals surface area contributed by atoms with Gasteiger partial charge in [-0.15, -0.1) is 0 Å². The fourth-order valence-corrected chi connectivity index (χ4v) is 1.55. The molecule has 9 heteroatoms. The molecule has 0 aliphatic heterocycles. The van der Waals surface area contributed by atoms with Crippen molar-refractivity contribution in [3.8, 4) is 0 Å². The van der Waals surface area contributed by atoms with Crippen LogP contribution in [0.1, 0.15) is 40.0 Å². The number of Topliss-reactive ketones (excluding diaryl/α,β-unsaturated/α-hetero) is 3. The Bertz CT molecular complexity index is 460. The van der Waals surface area contributed by atoms with Crippen LogP contribution in [0.4, 0.5) is 0 Å². The maximum absolute atomic E-state index is 12.1. The molecule has 0 N–H and O–H groups in total. The summed E-state index contributed by atoms with van der Waals surface area (Å²) in [6.45, 7) is 2.19. The van der Waals surface area contributed by atoms with Crippen molar-refractivity contribution >= 4 is 35.3 Å². The van der Waals surface area contributed by atoms with Gasteiger partial charge in [0.2, 0.25) is 0 Å². The highest BCUT2D eigenvalue weighted by molar-refractivity contribution is 6.20. The fraction of sp³-hybridized carbons (Fsp3) is 0.625. The molecule has 0 aromatic carbocycles. The molecule has 25 heavy (non-hydrogen) atoms. The maximum Gasteiger partial charge on any atom is 0.305 e. The molecule has 0 bridgehead atoms. The topological polar surface area (TPSA) is 130 Å². The highest BCUT2D eigenvalue weighted by Gasteiger charge is 2.35. The first-order valence-corrected chi connectivity index (χ1v) is 7.81. The van der Waals surface area contributed by atoms with Crippen LogP contribution >= 0.6 is 0 Å². The fourth-order valence-electron chi connectivity index (χ4n) is 1.55. The molecule has 0 saturated heterocycles. The van der Waals surface area contributed by atoms with E-state index in [2.05, 4.69) is 14.2 Å². The van der Waals surface area contributed by atoms with Crippen molar-refractivity contribution in [2.75, 3.05) is 19.8 Å². The number of rotatable bonds is 12. The lowest BCUT2D eigenvalue weighted by Crippen LogP contribution is -2.39. The van der Waals surface area contributed by atoms with E-state index in [9.17, 15) is 28.8 Å². The molecule has 140 valence electrons. The van der Waals surface area contributed by atoms with E-state index in [0.29, 0.717) is 0 Å². The average molecular weight is 358 g/mol. The van der Waals surface area contributed by atoms with Gasteiger partial charge in [0.15, 0.2) is 37.2 Å². The Hall–Kier alpha value is -2.58. The zero-order valence-corrected chi connectivity index (χ0v) is 14.5. The minimum absolute atomic E-state index is 0.0159. The van der Waals surface area contributed by atoms with Crippen molar-refractivity contribution in [2.24, 2.45) is 5.92 Å². The van der Waals surface area contributed by atoms with Crippen LogP contribution in [0.15, 0.2) is 0 Å². The lowest BCUT2D eigenvalue weighted by molar-refractivity contribution is -0.157. The zero-order chi connectivity index (χ0) is 19.4. The minimum Gasteiger partial charge on any atom is -0.458 e. The van der Waals surface area contributed by atoms with Gasteiger partial charge < -0.3 is 14.2 Å². The predicted molar refractivity (Wildman–Crippen MR) is 82.3 cm³/mol. The van der Waals surface area contributed by atoms with E-state index >= 15 is 0 Å². The van der Waals surface area contributed by atoms with E-state index in [1.165, 1.54) is 20.8 Å². The van der Waals surface area contributed by atoms with Gasteiger partial charge in [0, 0.05) is 19.3 Å². The summed E-state index contributed by atoms with van der Waals surface area (Å²) in [7, 11) is 0. The van der Waals surface area contributed by atoms with Gasteiger partial charge in [0.25, 0.3) is 0 Å². The lowest BCUT2D eigenvalue weighted by atomic mass is 9.95. The molecule has 0 spiro atoms. The van der Waals surface area contributed by atoms with Crippen LogP contribution in [0.2, 0.25) is 0 Å². The van der Waals surface area contributed by atoms with Crippen molar-refractivity contribution in [3.05, 3.63) is 0 Å². The number of carbonyl (C=O) groups is 6. The predicted octanol–water partition coefficient (Wildman–Crippen LogP) is 0.169. The molecule has 9 nitrogen and oxygen atoms in total. The Labute approximate surface area is 145 Å². The quantitative estimate of drug-likeness (QED) is 0.272. The van der Waals surface area contributed by atoms with Crippen molar-refractivity contribution in [1.29, 1.82) is 0 Å². The summed E-state index contributed by atoms with van der Waals surface area (Å²) in [6, 6.07) is 0. The van der Waals surface area contributed by atoms with Gasteiger partial charge in [0.1, 0.15) is 5.92 Å². The first-order chi connectivity index (χ1) is 11.8. The molecular formula is C16H22O9. The molecule has 0 aliphatic carbocycles. The SMILES string of the molecule is CCC(=O)OCC(=O)C(C(=O)COC(=O)CC)C(=O)COC(=O)CC. The zero-order valence-electron chi connectivity index (χ0n) is 14.5. The molecule has 0 amide bonds. The van der Waals surface area contributed by atoms with Gasteiger partial charge in [0.05, 0.1) is 0 Å². The molecule has 0 unspecified atom stereocenters. The molecular weight excluding hydrogens is 336 g/mol. The van der Waals surface area contributed by atoms with Gasteiger partial charge in [-0.05, 0) is 0 Å². The molecule has 0 aliphatic rings. The first-order valence-electron chi connectivity index (χ1n) is 7.81. The Morgan fingerprint density at radius 1 is 0.560 bits per heavy atom. The standard InChI is InChI=1S/C16H22O9/c1-4-13(20)23-7-10(17)16(11(18)8-24-14(21)5-2)12(19)9-25-15(22)6-3/h16H,4-9H2,1-3H3. The van der Waals surface area contributed by atoms with E-state index < -0.39 is 61.0 Å². The Morgan fingerprint density at radius 2 is 0.800 bits per heavy atom. The molecule has 0 fully saturated rings. The molecule has 0 saturated carbocycles. The third-order valence-corrected chi connectivity index (χ3v) is 2.96. The summed E-state index contributed by atoms with van der Waals surface area (Å²) >= 11 is 0. The van der Waals surface area contributed by atoms with Crippen LogP contribution in [-0.4, -0.2) is 55.1 Å². The number of hydrogen-bond donors (Lipinski definition) is 0. The summed E-state index contributed by atoms with van der Waals surface area (Å²) in [6.07, 6.45) is 0.0478. The Kier molecular flexibility index (Phi) is 10.7. The minimum atomic E-state index is -1.83. The second-order valence-electron chi connectivity index (χ2n) is 4.87. The average Bonchev–Trinajstić information content (AvgIpc) is 2.61. The molecule has 0 aromatic heterocycles. The summed E-state index contributed by atoms with van der Waals surface area (Å²) in [4.78, 5) is 69.5. The van der Waals surface area contributed by atoms with E-state index in [1.807, 2.05) is 0 Å². The van der Waals surface area contributed by atoms with Gasteiger partial charge >= 0.3 is 17.9 Å². The molecule has 0 heterocycles. The molecule has 0 atom stereocenters. The summed E-state index contributed by atoms with van der Waals surface area (Å²) in [5.41, 5.74) is 0. The van der Waals surface area contributed by atoms with Crippen LogP contribution in [0.25, 0.3) is 0 Å². The number of carbonyl (C=O) groups excluding carboxylic acids is 6. The number of ketones is 3. The summed E-state index contributed by atoms with van der Waals surface area (Å²) in [5, 5.41) is 0. The largest absolute Gasteiger partial charge is 0.458 e. The van der Waals surface area contributed by atoms with E-state index in [-0.39, 0.29) is 19.3 Å². The van der Waals surface area contributed by atoms with Gasteiger partial charge in [-0.1, -0.05) is 20.8 Å². The van der Waals surface area contributed by atoms with Crippen LogP contribution in [-0.2, 0) is 43.0 Å². The van der Waals surface area contributed by atoms with Gasteiger partial charge in [-0.3, -0.25) is 28.8 Å². The third kappa shape index (κ3) is 8.73. The van der Waals surface area contributed by atoms with Crippen molar-refractivity contribution in [1.82, 2.24) is 0 Å². The van der Waals surface area contributed by atoms with E-state index in [1.54, 1.807) is 0 Å². The van der Waals surface area contributed by atoms with E-state index in [4.69, 9.17) is 0 Å². The second-order valence-corrected chi connectivity index (χ2v) is 4.87. The summed E-state index contributed by atoms with van der Waals surface area (Å²) in [5.74, 6) is -6.80. The highest BCUT2D eigenvalue weighted by Crippen LogP contribution is 2.07. The van der Waals surface area contributed by atoms with Crippen molar-refractivity contribution < 1.29 is 43.0 Å². The third-order valence-electron chi connectivity index (χ3n) is 2.96. The number of ether oxygens (including phenoxy) is 3. The number of hydrogen-bond acceptors (Lipinski definition) is 9. The maximum atomic E-state index is 12.1. The lowest BCUT2D eigenvalue weighted by Gasteiger charge is -2.14. The monoisotopic (exact) mass is 358 g/mol. The van der Waals surface area contributed by atoms with Gasteiger partial charge in [-0.25, -0.2) is 0 Å². The highest BCUT2D eigenvalue weighted by atomic mass is 16.5. The Balaban J connectivity index is 5.01. The van der Waals surface area contributed by atoms with Crippen LogP contribution in [0.3, 0.4) is 0 Å². The second kappa shape index (κ2) is 11.9. The molecule has 0 radical (unpaired) electrons. The normalized spacial score (nSPS) is 10.1. The van der Waals surface area contributed by atoms with Crippen LogP contribution in [0.5, 0.6) is 0 Å². The smallest absolute Gasteiger partial charge is 0.305 e. The summed E-state index contributed by atoms with van der Waals surface area (Å²) < 4.78 is 13.9. The molecule has 0 rings (SSSR count). The first kappa shape index (κ1) is 22.4. The number of esters is 3. The van der Waals surface area contributed by atoms with Crippen molar-refractivity contribution in [2.45, 2.75) is 40.0 Å². The van der Waals surface area contributed by atoms with Crippen LogP contribution < -0.4 is 0 Å². The van der Waals surface area contributed by atoms with Crippen molar-refractivity contribution in [3.63, 3.8) is 0 Å². The Morgan fingerprint density at radius 3 is 1.00 bits per heavy atom. The van der Waals surface area contributed by atoms with Crippen LogP contribution in [0, 0.1) is 5.92 Å². The van der Waals surface area contributed by atoms with E-state index in [0.717, 1.165) is 0 Å².